The van der Waals surface area contributed by atoms with E-state index in [1.165, 1.54) is 11.3 Å². The van der Waals surface area contributed by atoms with E-state index in [1.54, 1.807) is 19.2 Å². The molecule has 2 aromatic heterocycles. The Balaban J connectivity index is 1.38. The molecule has 142 valence electrons. The van der Waals surface area contributed by atoms with Gasteiger partial charge in [-0.3, -0.25) is 4.79 Å². The Morgan fingerprint density at radius 3 is 2.96 bits per heavy atom. The van der Waals surface area contributed by atoms with Crippen LogP contribution in [0.2, 0.25) is 5.02 Å². The molecular formula is C18H13ClN4O3S2. The number of thioether (sulfide) groups is 1. The number of fused-ring (bicyclic) bond motifs is 1. The van der Waals surface area contributed by atoms with Crippen LogP contribution in [0, 0.1) is 0 Å². The second-order valence-electron chi connectivity index (χ2n) is 5.54. The first-order valence-electron chi connectivity index (χ1n) is 8.08. The van der Waals surface area contributed by atoms with E-state index in [0.29, 0.717) is 26.8 Å². The van der Waals surface area contributed by atoms with E-state index in [4.69, 9.17) is 20.8 Å². The van der Waals surface area contributed by atoms with Gasteiger partial charge in [0.25, 0.3) is 5.22 Å². The van der Waals surface area contributed by atoms with E-state index in [1.807, 2.05) is 30.3 Å². The van der Waals surface area contributed by atoms with Crippen molar-refractivity contribution in [1.29, 1.82) is 0 Å². The highest BCUT2D eigenvalue weighted by atomic mass is 35.5. The number of ether oxygens (including phenoxy) is 1. The Labute approximate surface area is 173 Å². The molecular weight excluding hydrogens is 420 g/mol. The van der Waals surface area contributed by atoms with Crippen molar-refractivity contribution < 1.29 is 13.9 Å². The highest BCUT2D eigenvalue weighted by Gasteiger charge is 2.14. The predicted octanol–water partition coefficient (Wildman–Crippen LogP) is 4.74. The molecule has 2 aromatic carbocycles. The SMILES string of the molecule is COc1ccc2nc(NC(=O)CSc3nnc(-c4ccccc4Cl)o3)sc2c1. The molecule has 28 heavy (non-hydrogen) atoms. The fraction of sp³-hybridized carbons (Fsp3) is 0.111. The van der Waals surface area contributed by atoms with Gasteiger partial charge < -0.3 is 14.5 Å². The van der Waals surface area contributed by atoms with Crippen LogP contribution in [-0.2, 0) is 4.79 Å². The molecule has 10 heteroatoms. The third-order valence-electron chi connectivity index (χ3n) is 3.68. The first kappa shape index (κ1) is 18.7. The summed E-state index contributed by atoms with van der Waals surface area (Å²) in [4.78, 5) is 16.6. The number of hydrogen-bond donors (Lipinski definition) is 1. The van der Waals surface area contributed by atoms with Gasteiger partial charge in [0, 0.05) is 0 Å². The second kappa shape index (κ2) is 8.17. The Kier molecular flexibility index (Phi) is 5.47. The monoisotopic (exact) mass is 432 g/mol. The summed E-state index contributed by atoms with van der Waals surface area (Å²) in [6.07, 6.45) is 0. The molecule has 0 radical (unpaired) electrons. The summed E-state index contributed by atoms with van der Waals surface area (Å²) in [6.45, 7) is 0. The normalized spacial score (nSPS) is 10.9. The van der Waals surface area contributed by atoms with Crippen molar-refractivity contribution in [2.45, 2.75) is 5.22 Å². The number of benzene rings is 2. The van der Waals surface area contributed by atoms with Gasteiger partial charge in [0.1, 0.15) is 5.75 Å². The minimum atomic E-state index is -0.214. The molecule has 1 N–H and O–H groups in total. The third kappa shape index (κ3) is 4.11. The fourth-order valence-corrected chi connectivity index (χ4v) is 4.07. The predicted molar refractivity (Wildman–Crippen MR) is 110 cm³/mol. The summed E-state index contributed by atoms with van der Waals surface area (Å²) < 4.78 is 11.7. The van der Waals surface area contributed by atoms with Crippen LogP contribution in [0.4, 0.5) is 5.13 Å². The maximum absolute atomic E-state index is 12.2. The fourth-order valence-electron chi connectivity index (χ4n) is 2.38. The summed E-state index contributed by atoms with van der Waals surface area (Å²) in [5.41, 5.74) is 1.45. The number of carbonyl (C=O) groups is 1. The van der Waals surface area contributed by atoms with Crippen LogP contribution in [0.25, 0.3) is 21.7 Å². The molecule has 4 aromatic rings. The summed E-state index contributed by atoms with van der Waals surface area (Å²) in [5, 5.41) is 12.0. The largest absolute Gasteiger partial charge is 0.497 e. The first-order valence-corrected chi connectivity index (χ1v) is 10.3. The minimum Gasteiger partial charge on any atom is -0.497 e. The number of carbonyl (C=O) groups excluding carboxylic acids is 1. The van der Waals surface area contributed by atoms with Crippen molar-refractivity contribution in [3.05, 3.63) is 47.5 Å². The lowest BCUT2D eigenvalue weighted by Gasteiger charge is -1.99. The molecule has 0 aliphatic carbocycles. The molecule has 4 rings (SSSR count). The van der Waals surface area contributed by atoms with Gasteiger partial charge in [0.2, 0.25) is 11.8 Å². The van der Waals surface area contributed by atoms with Crippen LogP contribution < -0.4 is 10.1 Å². The summed E-state index contributed by atoms with van der Waals surface area (Å²) in [6, 6.07) is 12.7. The number of nitrogens with one attached hydrogen (secondary N) is 1. The minimum absolute atomic E-state index is 0.114. The molecule has 0 aliphatic heterocycles. The molecule has 0 atom stereocenters. The van der Waals surface area contributed by atoms with Crippen molar-refractivity contribution in [2.75, 3.05) is 18.2 Å². The molecule has 2 heterocycles. The Morgan fingerprint density at radius 2 is 2.14 bits per heavy atom. The average molecular weight is 433 g/mol. The summed E-state index contributed by atoms with van der Waals surface area (Å²) in [7, 11) is 1.61. The molecule has 0 saturated heterocycles. The second-order valence-corrected chi connectivity index (χ2v) is 7.91. The molecule has 1 amide bonds. The lowest BCUT2D eigenvalue weighted by atomic mass is 10.2. The van der Waals surface area contributed by atoms with Gasteiger partial charge in [0.15, 0.2) is 5.13 Å². The Bertz CT molecular complexity index is 1140. The lowest BCUT2D eigenvalue weighted by Crippen LogP contribution is -2.13. The molecule has 0 unspecified atom stereocenters. The van der Waals surface area contributed by atoms with E-state index in [2.05, 4.69) is 20.5 Å². The number of thiazole rings is 1. The number of methoxy groups -OCH3 is 1. The van der Waals surface area contributed by atoms with Gasteiger partial charge in [-0.05, 0) is 30.3 Å². The van der Waals surface area contributed by atoms with Gasteiger partial charge in [-0.25, -0.2) is 4.98 Å². The van der Waals surface area contributed by atoms with Gasteiger partial charge in [0.05, 0.1) is 33.7 Å². The molecule has 0 bridgehead atoms. The van der Waals surface area contributed by atoms with Gasteiger partial charge in [-0.15, -0.1) is 10.2 Å². The van der Waals surface area contributed by atoms with Crippen LogP contribution in [0.1, 0.15) is 0 Å². The summed E-state index contributed by atoms with van der Waals surface area (Å²) >= 11 is 8.65. The van der Waals surface area contributed by atoms with Crippen molar-refractivity contribution in [3.8, 4) is 17.2 Å². The maximum atomic E-state index is 12.2. The zero-order chi connectivity index (χ0) is 19.5. The van der Waals surface area contributed by atoms with Crippen molar-refractivity contribution in [3.63, 3.8) is 0 Å². The third-order valence-corrected chi connectivity index (χ3v) is 5.76. The quantitative estimate of drug-likeness (QED) is 0.440. The van der Waals surface area contributed by atoms with Crippen molar-refractivity contribution >= 4 is 56.0 Å². The Morgan fingerprint density at radius 1 is 1.29 bits per heavy atom. The zero-order valence-corrected chi connectivity index (χ0v) is 16.9. The number of anilines is 1. The molecule has 0 aliphatic rings. The zero-order valence-electron chi connectivity index (χ0n) is 14.5. The smallest absolute Gasteiger partial charge is 0.277 e. The van der Waals surface area contributed by atoms with Crippen LogP contribution in [0.3, 0.4) is 0 Å². The standard InChI is InChI=1S/C18H13ClN4O3S2/c1-25-10-6-7-13-14(8-10)28-17(20-13)21-15(24)9-27-18-23-22-16(26-18)11-4-2-3-5-12(11)19/h2-8H,9H2,1H3,(H,20,21,24). The molecule has 0 spiro atoms. The van der Waals surface area contributed by atoms with Gasteiger partial charge in [-0.2, -0.15) is 0 Å². The van der Waals surface area contributed by atoms with Gasteiger partial charge in [-0.1, -0.05) is 46.8 Å². The number of rotatable bonds is 6. The van der Waals surface area contributed by atoms with Crippen molar-refractivity contribution in [1.82, 2.24) is 15.2 Å². The van der Waals surface area contributed by atoms with E-state index in [0.717, 1.165) is 27.7 Å². The maximum Gasteiger partial charge on any atom is 0.277 e. The highest BCUT2D eigenvalue weighted by molar-refractivity contribution is 7.99. The van der Waals surface area contributed by atoms with E-state index >= 15 is 0 Å². The van der Waals surface area contributed by atoms with E-state index < -0.39 is 0 Å². The Hall–Kier alpha value is -2.62. The van der Waals surface area contributed by atoms with E-state index in [-0.39, 0.29) is 11.7 Å². The number of halogens is 1. The number of hydrogen-bond acceptors (Lipinski definition) is 8. The average Bonchev–Trinajstić information content (AvgIpc) is 3.32. The number of amides is 1. The first-order chi connectivity index (χ1) is 13.6. The molecule has 0 saturated carbocycles. The lowest BCUT2D eigenvalue weighted by molar-refractivity contribution is -0.113. The van der Waals surface area contributed by atoms with Crippen LogP contribution >= 0.6 is 34.7 Å². The molecule has 7 nitrogen and oxygen atoms in total. The number of nitrogens with zero attached hydrogens (tertiary/aromatic N) is 3. The number of aromatic nitrogens is 3. The van der Waals surface area contributed by atoms with Gasteiger partial charge >= 0.3 is 0 Å². The topological polar surface area (TPSA) is 90.1 Å². The van der Waals surface area contributed by atoms with Crippen LogP contribution in [0.15, 0.2) is 52.1 Å². The van der Waals surface area contributed by atoms with E-state index in [9.17, 15) is 4.79 Å². The highest BCUT2D eigenvalue weighted by Crippen LogP contribution is 2.30. The van der Waals surface area contributed by atoms with Crippen LogP contribution in [-0.4, -0.2) is 34.0 Å². The molecule has 0 fully saturated rings. The summed E-state index contributed by atoms with van der Waals surface area (Å²) in [5.74, 6) is 0.959. The van der Waals surface area contributed by atoms with Crippen molar-refractivity contribution in [2.24, 2.45) is 0 Å². The van der Waals surface area contributed by atoms with Crippen LogP contribution in [0.5, 0.6) is 5.75 Å².